The van der Waals surface area contributed by atoms with Crippen molar-refractivity contribution in [2.24, 2.45) is 5.92 Å². The minimum atomic E-state index is -0.316. The number of carbonyl (C=O) groups is 1. The van der Waals surface area contributed by atoms with E-state index in [1.165, 1.54) is 0 Å². The summed E-state index contributed by atoms with van der Waals surface area (Å²) in [4.78, 5) is 13.5. The lowest BCUT2D eigenvalue weighted by Crippen LogP contribution is -2.44. The third kappa shape index (κ3) is 8.19. The summed E-state index contributed by atoms with van der Waals surface area (Å²) in [6, 6.07) is 44.7. The van der Waals surface area contributed by atoms with Gasteiger partial charge in [-0.1, -0.05) is 97.1 Å². The van der Waals surface area contributed by atoms with Gasteiger partial charge < -0.3 is 15.2 Å². The molecule has 0 saturated heterocycles. The first-order valence-corrected chi connectivity index (χ1v) is 14.4. The molecule has 2 atom stereocenters. The first-order valence-electron chi connectivity index (χ1n) is 14.4. The van der Waals surface area contributed by atoms with Gasteiger partial charge in [-0.25, -0.2) is 0 Å². The van der Waals surface area contributed by atoms with E-state index in [1.54, 1.807) is 6.07 Å². The number of benzene rings is 5. The van der Waals surface area contributed by atoms with E-state index < -0.39 is 0 Å². The third-order valence-electron chi connectivity index (χ3n) is 7.54. The molecule has 0 radical (unpaired) electrons. The maximum atomic E-state index is 13.5. The molecule has 0 aliphatic heterocycles. The molecule has 5 nitrogen and oxygen atoms in total. The molecule has 43 heavy (non-hydrogen) atoms. The highest BCUT2D eigenvalue weighted by molar-refractivity contribution is 5.95. The van der Waals surface area contributed by atoms with Crippen LogP contribution in [0.4, 0.5) is 0 Å². The van der Waals surface area contributed by atoms with Crippen molar-refractivity contribution in [2.75, 3.05) is 6.61 Å². The largest absolute Gasteiger partial charge is 0.489 e. The second kappa shape index (κ2) is 14.6. The summed E-state index contributed by atoms with van der Waals surface area (Å²) < 4.78 is 6.00. The lowest BCUT2D eigenvalue weighted by Gasteiger charge is -2.27. The Bertz CT molecular complexity index is 1660. The summed E-state index contributed by atoms with van der Waals surface area (Å²) in [5, 5.41) is 22.9. The van der Waals surface area contributed by atoms with Crippen molar-refractivity contribution in [2.45, 2.75) is 25.5 Å². The van der Waals surface area contributed by atoms with Gasteiger partial charge in [-0.05, 0) is 77.1 Å². The van der Waals surface area contributed by atoms with Gasteiger partial charge in [-0.15, -0.1) is 0 Å². The minimum absolute atomic E-state index is 0.101. The van der Waals surface area contributed by atoms with Crippen molar-refractivity contribution in [1.29, 1.82) is 5.26 Å². The summed E-state index contributed by atoms with van der Waals surface area (Å²) in [6.45, 7) is 0.391. The molecule has 5 aromatic rings. The van der Waals surface area contributed by atoms with E-state index in [9.17, 15) is 15.2 Å². The molecule has 214 valence electrons. The summed E-state index contributed by atoms with van der Waals surface area (Å²) >= 11 is 0. The highest BCUT2D eigenvalue weighted by Gasteiger charge is 2.24. The van der Waals surface area contributed by atoms with E-state index >= 15 is 0 Å². The topological polar surface area (TPSA) is 82.4 Å². The SMILES string of the molecule is N#Cc1cccc(CC(CO)C(Cc2ccccc2)NC(=O)c2ccc(-c3cccc(OCc4ccccc4)c3)cc2)c1. The molecular weight excluding hydrogens is 532 g/mol. The van der Waals surface area contributed by atoms with Crippen LogP contribution in [0.25, 0.3) is 11.1 Å². The van der Waals surface area contributed by atoms with Crippen molar-refractivity contribution in [3.05, 3.63) is 161 Å². The second-order valence-electron chi connectivity index (χ2n) is 10.6. The Labute approximate surface area is 253 Å². The van der Waals surface area contributed by atoms with Crippen molar-refractivity contribution >= 4 is 5.91 Å². The fourth-order valence-electron chi connectivity index (χ4n) is 5.18. The van der Waals surface area contributed by atoms with Gasteiger partial charge >= 0.3 is 0 Å². The normalized spacial score (nSPS) is 12.1. The van der Waals surface area contributed by atoms with Crippen LogP contribution in [0.15, 0.2) is 133 Å². The van der Waals surface area contributed by atoms with Crippen molar-refractivity contribution in [3.63, 3.8) is 0 Å². The fourth-order valence-corrected chi connectivity index (χ4v) is 5.18. The maximum Gasteiger partial charge on any atom is 0.251 e. The molecule has 0 aliphatic rings. The molecule has 2 N–H and O–H groups in total. The monoisotopic (exact) mass is 566 g/mol. The standard InChI is InChI=1S/C38H34N2O3/c39-25-31-14-7-13-30(21-31)22-35(26-41)37(23-28-9-3-1-4-10-28)40-38(42)33-19-17-32(18-20-33)34-15-8-16-36(24-34)43-27-29-11-5-2-6-12-29/h1-21,24,35,37,41H,22-23,26-27H2,(H,40,42). The number of hydrogen-bond donors (Lipinski definition) is 2. The van der Waals surface area contributed by atoms with Gasteiger partial charge in [0.2, 0.25) is 0 Å². The van der Waals surface area contributed by atoms with Gasteiger partial charge in [0.1, 0.15) is 12.4 Å². The van der Waals surface area contributed by atoms with E-state index in [2.05, 4.69) is 11.4 Å². The number of hydrogen-bond acceptors (Lipinski definition) is 4. The highest BCUT2D eigenvalue weighted by atomic mass is 16.5. The van der Waals surface area contributed by atoms with Crippen LogP contribution in [-0.4, -0.2) is 23.7 Å². The number of ether oxygens (including phenoxy) is 1. The van der Waals surface area contributed by atoms with E-state index in [-0.39, 0.29) is 24.5 Å². The number of aliphatic hydroxyl groups excluding tert-OH is 1. The predicted molar refractivity (Wildman–Crippen MR) is 169 cm³/mol. The van der Waals surface area contributed by atoms with Crippen molar-refractivity contribution < 1.29 is 14.6 Å². The number of aliphatic hydroxyl groups is 1. The predicted octanol–water partition coefficient (Wildman–Crippen LogP) is 7.00. The number of nitrogens with one attached hydrogen (secondary N) is 1. The lowest BCUT2D eigenvalue weighted by molar-refractivity contribution is 0.0903. The number of nitriles is 1. The maximum absolute atomic E-state index is 13.5. The summed E-state index contributed by atoms with van der Waals surface area (Å²) in [7, 11) is 0. The molecule has 5 rings (SSSR count). The van der Waals surface area contributed by atoms with Crippen LogP contribution in [0, 0.1) is 17.2 Å². The molecule has 2 unspecified atom stereocenters. The van der Waals surface area contributed by atoms with Gasteiger partial charge in [0.25, 0.3) is 5.91 Å². The molecule has 5 aromatic carbocycles. The zero-order valence-corrected chi connectivity index (χ0v) is 23.9. The van der Waals surface area contributed by atoms with Crippen LogP contribution in [-0.2, 0) is 19.4 Å². The quantitative estimate of drug-likeness (QED) is 0.170. The Balaban J connectivity index is 1.29. The van der Waals surface area contributed by atoms with Gasteiger partial charge in [0.15, 0.2) is 0 Å². The number of carbonyl (C=O) groups excluding carboxylic acids is 1. The first kappa shape index (κ1) is 29.3. The summed E-state index contributed by atoms with van der Waals surface area (Å²) in [6.07, 6.45) is 1.11. The van der Waals surface area contributed by atoms with Crippen LogP contribution >= 0.6 is 0 Å². The summed E-state index contributed by atoms with van der Waals surface area (Å²) in [5.41, 5.74) is 6.22. The minimum Gasteiger partial charge on any atom is -0.489 e. The molecule has 0 aromatic heterocycles. The molecular formula is C38H34N2O3. The Kier molecular flexibility index (Phi) is 9.98. The van der Waals surface area contributed by atoms with Crippen molar-refractivity contribution in [1.82, 2.24) is 5.32 Å². The Morgan fingerprint density at radius 2 is 1.40 bits per heavy atom. The molecule has 0 saturated carbocycles. The lowest BCUT2D eigenvalue weighted by atomic mass is 9.88. The van der Waals surface area contributed by atoms with Crippen molar-refractivity contribution in [3.8, 4) is 22.9 Å². The third-order valence-corrected chi connectivity index (χ3v) is 7.54. The van der Waals surface area contributed by atoms with Gasteiger partial charge in [0.05, 0.1) is 11.6 Å². The van der Waals surface area contributed by atoms with E-state index in [0.717, 1.165) is 33.6 Å². The average molecular weight is 567 g/mol. The molecule has 1 amide bonds. The molecule has 0 heterocycles. The van der Waals surface area contributed by atoms with Crippen LogP contribution in [0.1, 0.15) is 32.6 Å². The highest BCUT2D eigenvalue weighted by Crippen LogP contribution is 2.25. The summed E-state index contributed by atoms with van der Waals surface area (Å²) in [5.74, 6) is 0.343. The van der Waals surface area contributed by atoms with Crippen LogP contribution in [0.3, 0.4) is 0 Å². The molecule has 0 aliphatic carbocycles. The Hall–Kier alpha value is -5.18. The second-order valence-corrected chi connectivity index (χ2v) is 10.6. The number of rotatable bonds is 12. The zero-order chi connectivity index (χ0) is 29.9. The Morgan fingerprint density at radius 1 is 0.721 bits per heavy atom. The average Bonchev–Trinajstić information content (AvgIpc) is 3.07. The van der Waals surface area contributed by atoms with E-state index in [1.807, 2.05) is 127 Å². The molecule has 0 bridgehead atoms. The fraction of sp³-hybridized carbons (Fsp3) is 0.158. The molecule has 0 spiro atoms. The molecule has 5 heteroatoms. The van der Waals surface area contributed by atoms with E-state index in [4.69, 9.17) is 4.74 Å². The number of amides is 1. The van der Waals surface area contributed by atoms with E-state index in [0.29, 0.717) is 30.6 Å². The first-order chi connectivity index (χ1) is 21.1. The molecule has 0 fully saturated rings. The zero-order valence-electron chi connectivity index (χ0n) is 23.9. The van der Waals surface area contributed by atoms with Crippen LogP contribution in [0.2, 0.25) is 0 Å². The van der Waals surface area contributed by atoms with Gasteiger partial charge in [-0.3, -0.25) is 4.79 Å². The smallest absolute Gasteiger partial charge is 0.251 e. The van der Waals surface area contributed by atoms with Gasteiger partial charge in [0, 0.05) is 24.1 Å². The van der Waals surface area contributed by atoms with Crippen LogP contribution in [0.5, 0.6) is 5.75 Å². The van der Waals surface area contributed by atoms with Crippen LogP contribution < -0.4 is 10.1 Å². The van der Waals surface area contributed by atoms with Gasteiger partial charge in [-0.2, -0.15) is 5.26 Å². The Morgan fingerprint density at radius 3 is 2.09 bits per heavy atom. The number of nitrogens with zero attached hydrogens (tertiary/aromatic N) is 1.